The van der Waals surface area contributed by atoms with E-state index in [4.69, 9.17) is 14.2 Å². The van der Waals surface area contributed by atoms with Crippen molar-refractivity contribution in [3.8, 4) is 0 Å². The molecule has 0 heterocycles. The molecule has 0 amide bonds. The average Bonchev–Trinajstić information content (AvgIpc) is 3.12. The van der Waals surface area contributed by atoms with Crippen molar-refractivity contribution in [3.63, 3.8) is 0 Å². The molecule has 292 valence electrons. The fraction of sp³-hybridized carbons (Fsp3) is 0.711. The van der Waals surface area contributed by atoms with E-state index in [1.807, 2.05) is 36.5 Å². The molecule has 0 aliphatic carbocycles. The molecule has 0 saturated carbocycles. The summed E-state index contributed by atoms with van der Waals surface area (Å²) in [7, 11) is 0. The Balaban J connectivity index is 4.46. The van der Waals surface area contributed by atoms with Crippen molar-refractivity contribution in [1.82, 2.24) is 0 Å². The van der Waals surface area contributed by atoms with Crippen LogP contribution in [0, 0.1) is 0 Å². The molecule has 51 heavy (non-hydrogen) atoms. The number of carbonyl (C=O) groups excluding carboxylic acids is 3. The molecule has 0 aliphatic heterocycles. The normalized spacial score (nSPS) is 12.6. The third-order valence-corrected chi connectivity index (χ3v) is 8.60. The highest BCUT2D eigenvalue weighted by molar-refractivity contribution is 5.71. The Kier molecular flexibility index (Phi) is 37.6. The standard InChI is InChI=1S/C45H76O6/c1-4-7-10-13-16-19-22-23-24-27-29-32-35-38-44(47)50-41-42(51-45(48)39-36-33-30-26-21-18-15-12-9-6-3)40-49-43(46)37-34-31-28-25-20-17-14-11-8-5-2/h7,10,13,15-16,18-19,22-24,42H,4-6,8-9,11-12,14,17,20-21,25-41H2,1-3H3/b10-7-,16-13-,18-15-,22-19-,24-23-. The van der Waals surface area contributed by atoms with Gasteiger partial charge in [0, 0.05) is 19.3 Å². The van der Waals surface area contributed by atoms with Gasteiger partial charge in [0.2, 0.25) is 0 Å². The third-order valence-electron chi connectivity index (χ3n) is 8.60. The summed E-state index contributed by atoms with van der Waals surface area (Å²) < 4.78 is 16.6. The Hall–Kier alpha value is -2.89. The molecule has 0 aromatic rings. The Morgan fingerprint density at radius 2 is 0.804 bits per heavy atom. The van der Waals surface area contributed by atoms with Crippen molar-refractivity contribution >= 4 is 17.9 Å². The lowest BCUT2D eigenvalue weighted by molar-refractivity contribution is -0.167. The first kappa shape index (κ1) is 48.1. The van der Waals surface area contributed by atoms with E-state index in [1.165, 1.54) is 57.8 Å². The summed E-state index contributed by atoms with van der Waals surface area (Å²) in [5, 5.41) is 0. The second-order valence-electron chi connectivity index (χ2n) is 13.6. The minimum absolute atomic E-state index is 0.0913. The third kappa shape index (κ3) is 38.2. The second-order valence-corrected chi connectivity index (χ2v) is 13.6. The van der Waals surface area contributed by atoms with Gasteiger partial charge < -0.3 is 14.2 Å². The van der Waals surface area contributed by atoms with Crippen LogP contribution in [-0.4, -0.2) is 37.2 Å². The molecule has 0 rings (SSSR count). The summed E-state index contributed by atoms with van der Waals surface area (Å²) in [6.07, 6.45) is 46.3. The molecule has 1 unspecified atom stereocenters. The fourth-order valence-corrected chi connectivity index (χ4v) is 5.43. The van der Waals surface area contributed by atoms with Crippen LogP contribution in [0.1, 0.15) is 188 Å². The Morgan fingerprint density at radius 1 is 0.412 bits per heavy atom. The zero-order valence-electron chi connectivity index (χ0n) is 33.1. The molecule has 0 N–H and O–H groups in total. The van der Waals surface area contributed by atoms with Crippen LogP contribution in [0.25, 0.3) is 0 Å². The van der Waals surface area contributed by atoms with E-state index >= 15 is 0 Å². The van der Waals surface area contributed by atoms with E-state index in [0.29, 0.717) is 19.3 Å². The van der Waals surface area contributed by atoms with Gasteiger partial charge in [-0.3, -0.25) is 14.4 Å². The number of esters is 3. The summed E-state index contributed by atoms with van der Waals surface area (Å²) in [4.78, 5) is 37.5. The van der Waals surface area contributed by atoms with Crippen LogP contribution in [0.2, 0.25) is 0 Å². The highest BCUT2D eigenvalue weighted by Gasteiger charge is 2.19. The molecular formula is C45H76O6. The number of hydrogen-bond acceptors (Lipinski definition) is 6. The molecule has 0 aliphatic rings. The first-order chi connectivity index (χ1) is 25.0. The van der Waals surface area contributed by atoms with E-state index in [0.717, 1.165) is 89.9 Å². The Labute approximate surface area is 313 Å². The minimum Gasteiger partial charge on any atom is -0.462 e. The van der Waals surface area contributed by atoms with Crippen molar-refractivity contribution in [2.45, 2.75) is 194 Å². The van der Waals surface area contributed by atoms with Crippen LogP contribution in [0.15, 0.2) is 60.8 Å². The number of hydrogen-bond donors (Lipinski definition) is 0. The SMILES string of the molecule is CC\C=C/C=C\C=C/C=C\CCCCCC(=O)OCC(COC(=O)CCCCCCCCCCCC)OC(=O)CCCCCC/C=C\CCCC. The largest absolute Gasteiger partial charge is 0.462 e. The van der Waals surface area contributed by atoms with E-state index in [-0.39, 0.29) is 31.1 Å². The molecule has 0 fully saturated rings. The maximum Gasteiger partial charge on any atom is 0.306 e. The molecule has 0 radical (unpaired) electrons. The van der Waals surface area contributed by atoms with Crippen LogP contribution in [-0.2, 0) is 28.6 Å². The van der Waals surface area contributed by atoms with E-state index < -0.39 is 6.10 Å². The summed E-state index contributed by atoms with van der Waals surface area (Å²) >= 11 is 0. The predicted molar refractivity (Wildman–Crippen MR) is 215 cm³/mol. The lowest BCUT2D eigenvalue weighted by atomic mass is 10.1. The Bertz CT molecular complexity index is 960. The van der Waals surface area contributed by atoms with Gasteiger partial charge in [-0.05, 0) is 57.8 Å². The quantitative estimate of drug-likeness (QED) is 0.0211. The van der Waals surface area contributed by atoms with Crippen LogP contribution < -0.4 is 0 Å². The lowest BCUT2D eigenvalue weighted by Gasteiger charge is -2.18. The summed E-state index contributed by atoms with van der Waals surface area (Å²) in [5.41, 5.74) is 0. The van der Waals surface area contributed by atoms with Crippen LogP contribution >= 0.6 is 0 Å². The van der Waals surface area contributed by atoms with Crippen molar-refractivity contribution in [1.29, 1.82) is 0 Å². The van der Waals surface area contributed by atoms with Gasteiger partial charge in [-0.2, -0.15) is 0 Å². The summed E-state index contributed by atoms with van der Waals surface area (Å²) in [6.45, 7) is 6.36. The van der Waals surface area contributed by atoms with Crippen molar-refractivity contribution in [3.05, 3.63) is 60.8 Å². The van der Waals surface area contributed by atoms with Crippen LogP contribution in [0.4, 0.5) is 0 Å². The molecule has 0 saturated heterocycles. The highest BCUT2D eigenvalue weighted by atomic mass is 16.6. The zero-order chi connectivity index (χ0) is 37.3. The molecule has 0 aromatic heterocycles. The van der Waals surface area contributed by atoms with Gasteiger partial charge in [0.25, 0.3) is 0 Å². The fourth-order valence-electron chi connectivity index (χ4n) is 5.43. The van der Waals surface area contributed by atoms with Gasteiger partial charge in [-0.25, -0.2) is 0 Å². The van der Waals surface area contributed by atoms with E-state index in [9.17, 15) is 14.4 Å². The van der Waals surface area contributed by atoms with Gasteiger partial charge in [-0.15, -0.1) is 0 Å². The Morgan fingerprint density at radius 3 is 1.33 bits per heavy atom. The number of allylic oxidation sites excluding steroid dienone is 10. The molecule has 0 bridgehead atoms. The van der Waals surface area contributed by atoms with Crippen LogP contribution in [0.5, 0.6) is 0 Å². The van der Waals surface area contributed by atoms with Gasteiger partial charge in [-0.1, -0.05) is 171 Å². The number of ether oxygens (including phenoxy) is 3. The molecular weight excluding hydrogens is 636 g/mol. The van der Waals surface area contributed by atoms with E-state index in [1.54, 1.807) is 0 Å². The van der Waals surface area contributed by atoms with Gasteiger partial charge >= 0.3 is 17.9 Å². The maximum absolute atomic E-state index is 12.6. The summed E-state index contributed by atoms with van der Waals surface area (Å²) in [5.74, 6) is -0.955. The first-order valence-corrected chi connectivity index (χ1v) is 20.8. The van der Waals surface area contributed by atoms with E-state index in [2.05, 4.69) is 45.1 Å². The average molecular weight is 713 g/mol. The van der Waals surface area contributed by atoms with Gasteiger partial charge in [0.1, 0.15) is 13.2 Å². The highest BCUT2D eigenvalue weighted by Crippen LogP contribution is 2.13. The monoisotopic (exact) mass is 713 g/mol. The smallest absolute Gasteiger partial charge is 0.306 e. The summed E-state index contributed by atoms with van der Waals surface area (Å²) in [6, 6.07) is 0. The topological polar surface area (TPSA) is 78.9 Å². The predicted octanol–water partition coefficient (Wildman–Crippen LogP) is 13.0. The van der Waals surface area contributed by atoms with Gasteiger partial charge in [0.05, 0.1) is 0 Å². The second kappa shape index (κ2) is 39.9. The number of rotatable bonds is 36. The lowest BCUT2D eigenvalue weighted by Crippen LogP contribution is -2.30. The molecule has 6 heteroatoms. The van der Waals surface area contributed by atoms with Crippen molar-refractivity contribution in [2.24, 2.45) is 0 Å². The van der Waals surface area contributed by atoms with Gasteiger partial charge in [0.15, 0.2) is 6.10 Å². The molecule has 0 spiro atoms. The number of carbonyl (C=O) groups is 3. The minimum atomic E-state index is -0.790. The van der Waals surface area contributed by atoms with Crippen molar-refractivity contribution in [2.75, 3.05) is 13.2 Å². The molecule has 6 nitrogen and oxygen atoms in total. The molecule has 1 atom stereocenters. The zero-order valence-corrected chi connectivity index (χ0v) is 33.1. The maximum atomic E-state index is 12.6. The van der Waals surface area contributed by atoms with Crippen molar-refractivity contribution < 1.29 is 28.6 Å². The first-order valence-electron chi connectivity index (χ1n) is 20.8. The van der Waals surface area contributed by atoms with Crippen LogP contribution in [0.3, 0.4) is 0 Å². The number of unbranched alkanes of at least 4 members (excludes halogenated alkanes) is 18. The molecule has 0 aromatic carbocycles.